The Morgan fingerprint density at radius 2 is 0.695 bits per heavy atom. The Kier molecular flexibility index (Phi) is 10.4. The minimum absolute atomic E-state index is 0.00310. The Morgan fingerprint density at radius 1 is 0.288 bits per heavy atom. The van der Waals surface area contributed by atoms with Gasteiger partial charge in [-0.2, -0.15) is 0 Å². The summed E-state index contributed by atoms with van der Waals surface area (Å²) in [6, 6.07) is 67.6. The number of rotatable bonds is 7. The molecule has 0 fully saturated rings. The maximum Gasteiger partial charge on any atom is 0.0540 e. The molecule has 0 aromatic heterocycles. The Hall–Kier alpha value is -6.18. The highest BCUT2D eigenvalue weighted by Gasteiger charge is 2.26. The summed E-state index contributed by atoms with van der Waals surface area (Å²) in [5.41, 5.74) is 17.1. The maximum atomic E-state index is 2.50. The minimum atomic E-state index is 0.00310. The molecule has 0 N–H and O–H groups in total. The van der Waals surface area contributed by atoms with Gasteiger partial charge in [0.1, 0.15) is 0 Å². The van der Waals surface area contributed by atoms with Gasteiger partial charge in [0, 0.05) is 16.7 Å². The molecule has 0 saturated heterocycles. The van der Waals surface area contributed by atoms with Gasteiger partial charge in [0.25, 0.3) is 0 Å². The standard InChI is InChI=1S/C58H57N/c1-56(2,3)44-35-33-41(34-36-44)48-26-14-17-31-53(48)59(52-30-16-13-25-47(52)40-21-11-10-12-22-40)54-32-18-15-27-50(54)51-29-20-24-42-23-19-28-49(55(42)51)43-37-45(57(4,5)6)39-46(38-43)58(7,8)9/h10-39H,1-9H3. The zero-order chi connectivity index (χ0) is 41.5. The predicted molar refractivity (Wildman–Crippen MR) is 256 cm³/mol. The van der Waals surface area contributed by atoms with Crippen LogP contribution in [0.2, 0.25) is 0 Å². The van der Waals surface area contributed by atoms with Gasteiger partial charge in [-0.05, 0) is 89.7 Å². The van der Waals surface area contributed by atoms with E-state index in [1.807, 2.05) is 0 Å². The highest BCUT2D eigenvalue weighted by Crippen LogP contribution is 2.49. The molecule has 1 nitrogen and oxygen atoms in total. The fourth-order valence-electron chi connectivity index (χ4n) is 8.33. The van der Waals surface area contributed by atoms with Crippen LogP contribution in [0.1, 0.15) is 79.0 Å². The van der Waals surface area contributed by atoms with Gasteiger partial charge in [-0.1, -0.05) is 226 Å². The summed E-state index contributed by atoms with van der Waals surface area (Å²) in [6.07, 6.45) is 0. The fourth-order valence-corrected chi connectivity index (χ4v) is 8.33. The number of fused-ring (bicyclic) bond motifs is 1. The van der Waals surface area contributed by atoms with Gasteiger partial charge >= 0.3 is 0 Å². The molecule has 0 bridgehead atoms. The van der Waals surface area contributed by atoms with E-state index in [2.05, 4.69) is 249 Å². The van der Waals surface area contributed by atoms with Gasteiger partial charge in [-0.25, -0.2) is 0 Å². The molecule has 294 valence electrons. The summed E-state index contributed by atoms with van der Waals surface area (Å²) in [7, 11) is 0. The zero-order valence-electron chi connectivity index (χ0n) is 36.3. The molecule has 8 rings (SSSR count). The Morgan fingerprint density at radius 3 is 1.20 bits per heavy atom. The first kappa shape index (κ1) is 39.6. The van der Waals surface area contributed by atoms with Crippen molar-refractivity contribution >= 4 is 27.8 Å². The SMILES string of the molecule is CC(C)(C)c1ccc(-c2ccccc2N(c2ccccc2-c2ccccc2)c2ccccc2-c2cccc3cccc(-c4cc(C(C)(C)C)cc(C(C)(C)C)c4)c23)cc1. The van der Waals surface area contributed by atoms with Crippen molar-refractivity contribution in [2.45, 2.75) is 78.6 Å². The van der Waals surface area contributed by atoms with Crippen molar-refractivity contribution in [3.05, 3.63) is 199 Å². The van der Waals surface area contributed by atoms with Gasteiger partial charge in [-0.3, -0.25) is 0 Å². The first-order chi connectivity index (χ1) is 28.2. The lowest BCUT2D eigenvalue weighted by Gasteiger charge is -2.32. The lowest BCUT2D eigenvalue weighted by Crippen LogP contribution is -2.16. The molecule has 0 amide bonds. The van der Waals surface area contributed by atoms with E-state index in [1.54, 1.807) is 0 Å². The smallest absolute Gasteiger partial charge is 0.0540 e. The van der Waals surface area contributed by atoms with Gasteiger partial charge < -0.3 is 4.90 Å². The number of benzene rings is 8. The molecule has 0 aliphatic heterocycles. The highest BCUT2D eigenvalue weighted by molar-refractivity contribution is 6.09. The Labute approximate surface area is 353 Å². The summed E-state index contributed by atoms with van der Waals surface area (Å²) >= 11 is 0. The molecule has 0 heterocycles. The quantitative estimate of drug-likeness (QED) is 0.156. The van der Waals surface area contributed by atoms with E-state index in [0.29, 0.717) is 0 Å². The van der Waals surface area contributed by atoms with Gasteiger partial charge in [0.15, 0.2) is 0 Å². The molecule has 0 saturated carbocycles. The van der Waals surface area contributed by atoms with E-state index in [1.165, 1.54) is 72.0 Å². The van der Waals surface area contributed by atoms with Crippen LogP contribution in [0.4, 0.5) is 17.1 Å². The minimum Gasteiger partial charge on any atom is -0.309 e. The Bertz CT molecular complexity index is 2710. The normalized spacial score (nSPS) is 12.2. The Balaban J connectivity index is 1.42. The zero-order valence-corrected chi connectivity index (χ0v) is 36.3. The van der Waals surface area contributed by atoms with Crippen LogP contribution in [0.5, 0.6) is 0 Å². The van der Waals surface area contributed by atoms with Crippen LogP contribution < -0.4 is 4.90 Å². The van der Waals surface area contributed by atoms with Crippen LogP contribution in [0.25, 0.3) is 55.3 Å². The van der Waals surface area contributed by atoms with Crippen molar-refractivity contribution in [2.75, 3.05) is 4.90 Å². The fraction of sp³-hybridized carbons (Fsp3) is 0.207. The van der Waals surface area contributed by atoms with Crippen molar-refractivity contribution in [1.29, 1.82) is 0 Å². The number of hydrogen-bond acceptors (Lipinski definition) is 1. The van der Waals surface area contributed by atoms with Gasteiger partial charge in [0.05, 0.1) is 17.1 Å². The second-order valence-corrected chi connectivity index (χ2v) is 19.1. The van der Waals surface area contributed by atoms with Gasteiger partial charge in [0.2, 0.25) is 0 Å². The van der Waals surface area contributed by atoms with E-state index in [4.69, 9.17) is 0 Å². The van der Waals surface area contributed by atoms with E-state index in [0.717, 1.165) is 17.1 Å². The molecule has 59 heavy (non-hydrogen) atoms. The molecule has 0 aliphatic carbocycles. The summed E-state index contributed by atoms with van der Waals surface area (Å²) in [4.78, 5) is 2.50. The molecule has 8 aromatic carbocycles. The van der Waals surface area contributed by atoms with Crippen molar-refractivity contribution in [3.8, 4) is 44.5 Å². The first-order valence-electron chi connectivity index (χ1n) is 21.1. The molecule has 0 unspecified atom stereocenters. The maximum absolute atomic E-state index is 2.50. The number of para-hydroxylation sites is 3. The number of nitrogens with zero attached hydrogens (tertiary/aromatic N) is 1. The molecule has 0 spiro atoms. The van der Waals surface area contributed by atoms with Crippen LogP contribution in [-0.4, -0.2) is 0 Å². The summed E-state index contributed by atoms with van der Waals surface area (Å²) in [5, 5.41) is 2.49. The van der Waals surface area contributed by atoms with Crippen LogP contribution in [0.3, 0.4) is 0 Å². The third-order valence-corrected chi connectivity index (χ3v) is 11.8. The average Bonchev–Trinajstić information content (AvgIpc) is 3.23. The second kappa shape index (κ2) is 15.5. The summed E-state index contributed by atoms with van der Waals surface area (Å²) < 4.78 is 0. The topological polar surface area (TPSA) is 3.24 Å². The molecule has 8 aromatic rings. The number of anilines is 3. The van der Waals surface area contributed by atoms with E-state index in [-0.39, 0.29) is 16.2 Å². The molecule has 0 atom stereocenters. The molecule has 0 radical (unpaired) electrons. The van der Waals surface area contributed by atoms with E-state index >= 15 is 0 Å². The van der Waals surface area contributed by atoms with Crippen LogP contribution in [0, 0.1) is 0 Å². The largest absolute Gasteiger partial charge is 0.309 e. The van der Waals surface area contributed by atoms with Crippen molar-refractivity contribution in [3.63, 3.8) is 0 Å². The lowest BCUT2D eigenvalue weighted by atomic mass is 9.78. The lowest BCUT2D eigenvalue weighted by molar-refractivity contribution is 0.569. The third-order valence-electron chi connectivity index (χ3n) is 11.8. The third kappa shape index (κ3) is 8.00. The van der Waals surface area contributed by atoms with E-state index < -0.39 is 0 Å². The molecular formula is C58H57N. The van der Waals surface area contributed by atoms with Gasteiger partial charge in [-0.15, -0.1) is 0 Å². The molecular weight excluding hydrogens is 711 g/mol. The second-order valence-electron chi connectivity index (χ2n) is 19.1. The van der Waals surface area contributed by atoms with Crippen molar-refractivity contribution < 1.29 is 0 Å². The monoisotopic (exact) mass is 767 g/mol. The first-order valence-corrected chi connectivity index (χ1v) is 21.1. The van der Waals surface area contributed by atoms with Crippen LogP contribution in [-0.2, 0) is 16.2 Å². The summed E-state index contributed by atoms with van der Waals surface area (Å²) in [6.45, 7) is 20.8. The molecule has 0 aliphatic rings. The van der Waals surface area contributed by atoms with E-state index in [9.17, 15) is 0 Å². The van der Waals surface area contributed by atoms with Crippen LogP contribution in [0.15, 0.2) is 182 Å². The predicted octanol–water partition coefficient (Wildman–Crippen LogP) is 16.9. The average molecular weight is 768 g/mol. The molecule has 1 heteroatoms. The number of hydrogen-bond donors (Lipinski definition) is 0. The van der Waals surface area contributed by atoms with Crippen molar-refractivity contribution in [1.82, 2.24) is 0 Å². The van der Waals surface area contributed by atoms with Crippen molar-refractivity contribution in [2.24, 2.45) is 0 Å². The summed E-state index contributed by atoms with van der Waals surface area (Å²) in [5.74, 6) is 0. The van der Waals surface area contributed by atoms with Crippen LogP contribution >= 0.6 is 0 Å². The highest BCUT2D eigenvalue weighted by atomic mass is 15.1.